The van der Waals surface area contributed by atoms with E-state index in [9.17, 15) is 18.5 Å². The molecule has 0 saturated carbocycles. The zero-order valence-corrected chi connectivity index (χ0v) is 19.6. The number of aromatic nitrogens is 1. The number of thioether (sulfide) groups is 1. The third-order valence-corrected chi connectivity index (χ3v) is 8.88. The summed E-state index contributed by atoms with van der Waals surface area (Å²) in [6.07, 6.45) is 1.60. The van der Waals surface area contributed by atoms with Crippen molar-refractivity contribution in [3.8, 4) is 6.07 Å². The molecule has 31 heavy (non-hydrogen) atoms. The number of benzene rings is 1. The average molecular weight is 461 g/mol. The molecule has 1 aromatic carbocycles. The Bertz CT molecular complexity index is 1240. The predicted molar refractivity (Wildman–Crippen MR) is 120 cm³/mol. The van der Waals surface area contributed by atoms with Gasteiger partial charge >= 0.3 is 0 Å². The summed E-state index contributed by atoms with van der Waals surface area (Å²) < 4.78 is 32.8. The summed E-state index contributed by atoms with van der Waals surface area (Å²) in [5.41, 5.74) is 10.6. The minimum Gasteiger partial charge on any atom is -0.368 e. The summed E-state index contributed by atoms with van der Waals surface area (Å²) >= 11 is 1.06. The lowest BCUT2D eigenvalue weighted by Crippen LogP contribution is -2.50. The van der Waals surface area contributed by atoms with Crippen LogP contribution in [0.5, 0.6) is 0 Å². The molecule has 2 aromatic rings. The van der Waals surface area contributed by atoms with Gasteiger partial charge in [0.05, 0.1) is 18.2 Å². The van der Waals surface area contributed by atoms with Crippen LogP contribution < -0.4 is 10.5 Å². The van der Waals surface area contributed by atoms with Crippen molar-refractivity contribution >= 4 is 33.6 Å². The molecule has 3 rings (SSSR count). The number of nitrogens with two attached hydrogens (primary N) is 1. The summed E-state index contributed by atoms with van der Waals surface area (Å²) in [6, 6.07) is 4.00. The minimum absolute atomic E-state index is 0.00342. The number of nitrogens with zero attached hydrogens (tertiary/aromatic N) is 2. The molecule has 0 fully saturated rings. The Labute approximate surface area is 185 Å². The van der Waals surface area contributed by atoms with Crippen LogP contribution in [0.15, 0.2) is 22.1 Å². The first kappa shape index (κ1) is 22.9. The Hall–Kier alpha value is -2.77. The second-order valence-electron chi connectivity index (χ2n) is 7.66. The number of carbonyl (C=O) groups is 1. The number of primary amides is 1. The number of aryl methyl sites for hydroxylation is 3. The van der Waals surface area contributed by atoms with Crippen molar-refractivity contribution in [3.05, 3.63) is 56.6 Å². The van der Waals surface area contributed by atoms with Gasteiger partial charge in [0.25, 0.3) is 0 Å². The Morgan fingerprint density at radius 3 is 2.52 bits per heavy atom. The summed E-state index contributed by atoms with van der Waals surface area (Å²) in [5.74, 6) is -0.773. The summed E-state index contributed by atoms with van der Waals surface area (Å²) in [4.78, 5) is 12.9. The highest BCUT2D eigenvalue weighted by Gasteiger charge is 2.55. The van der Waals surface area contributed by atoms with E-state index in [0.717, 1.165) is 28.5 Å². The van der Waals surface area contributed by atoms with Gasteiger partial charge in [0.2, 0.25) is 21.8 Å². The number of hydrogen-bond acceptors (Lipinski definition) is 7. The summed E-state index contributed by atoms with van der Waals surface area (Å²) in [7, 11) is -4.15. The molecule has 8 nitrogen and oxygen atoms in total. The smallest absolute Gasteiger partial charge is 0.243 e. The number of amides is 1. The molecule has 2 unspecified atom stereocenters. The zero-order chi connectivity index (χ0) is 23.1. The van der Waals surface area contributed by atoms with Crippen molar-refractivity contribution < 1.29 is 17.7 Å². The van der Waals surface area contributed by atoms with Gasteiger partial charge in [0.1, 0.15) is 10.00 Å². The second-order valence-corrected chi connectivity index (χ2v) is 10.6. The molecule has 3 N–H and O–H groups in total. The molecule has 164 valence electrons. The van der Waals surface area contributed by atoms with Crippen LogP contribution in [-0.4, -0.2) is 24.7 Å². The van der Waals surface area contributed by atoms with Crippen LogP contribution in [-0.2, 0) is 26.0 Å². The highest BCUT2D eigenvalue weighted by Crippen LogP contribution is 2.51. The fourth-order valence-electron chi connectivity index (χ4n) is 4.12. The normalized spacial score (nSPS) is 20.6. The first-order chi connectivity index (χ1) is 14.5. The SMILES string of the molecule is Cc1cc(C)c(C2(C(N)=O)SC=CC2S(=O)(=O)Nc2onc(C)c2C)c(C)c1CC#N. The van der Waals surface area contributed by atoms with E-state index in [0.29, 0.717) is 22.4 Å². The number of carbonyl (C=O) groups excluding carboxylic acids is 1. The van der Waals surface area contributed by atoms with Crippen molar-refractivity contribution in [1.82, 2.24) is 5.16 Å². The maximum absolute atomic E-state index is 13.4. The maximum atomic E-state index is 13.4. The van der Waals surface area contributed by atoms with Crippen LogP contribution in [0.25, 0.3) is 0 Å². The topological polar surface area (TPSA) is 139 Å². The Kier molecular flexibility index (Phi) is 5.95. The van der Waals surface area contributed by atoms with Gasteiger partial charge in [-0.3, -0.25) is 9.52 Å². The Morgan fingerprint density at radius 1 is 1.29 bits per heavy atom. The van der Waals surface area contributed by atoms with Crippen LogP contribution in [0.4, 0.5) is 5.88 Å². The van der Waals surface area contributed by atoms with Crippen molar-refractivity contribution in [2.75, 3.05) is 4.72 Å². The highest BCUT2D eigenvalue weighted by molar-refractivity contribution is 8.05. The molecule has 2 atom stereocenters. The van der Waals surface area contributed by atoms with Crippen LogP contribution >= 0.6 is 11.8 Å². The highest BCUT2D eigenvalue weighted by atomic mass is 32.2. The predicted octanol–water partition coefficient (Wildman–Crippen LogP) is 3.03. The second kappa shape index (κ2) is 8.05. The van der Waals surface area contributed by atoms with Crippen LogP contribution in [0.1, 0.15) is 39.1 Å². The van der Waals surface area contributed by atoms with Gasteiger partial charge in [-0.2, -0.15) is 5.26 Å². The first-order valence-electron chi connectivity index (χ1n) is 9.53. The van der Waals surface area contributed by atoms with Crippen molar-refractivity contribution in [2.45, 2.75) is 51.0 Å². The summed E-state index contributed by atoms with van der Waals surface area (Å²) in [5, 5.41) is 13.3. The zero-order valence-electron chi connectivity index (χ0n) is 17.9. The number of rotatable bonds is 6. The average Bonchev–Trinajstić information content (AvgIpc) is 3.25. The molecule has 1 aromatic heterocycles. The lowest BCUT2D eigenvalue weighted by molar-refractivity contribution is -0.120. The van der Waals surface area contributed by atoms with Gasteiger partial charge in [-0.1, -0.05) is 17.3 Å². The molecule has 0 spiro atoms. The first-order valence-corrected chi connectivity index (χ1v) is 12.0. The number of nitrogens with one attached hydrogen (secondary N) is 1. The Morgan fingerprint density at radius 2 is 1.97 bits per heavy atom. The fraction of sp³-hybridized carbons (Fsp3) is 0.381. The van der Waals surface area contributed by atoms with Crippen LogP contribution in [0.2, 0.25) is 0 Å². The molecule has 0 aliphatic carbocycles. The van der Waals surface area contributed by atoms with Gasteiger partial charge in [-0.15, -0.1) is 11.8 Å². The Balaban J connectivity index is 2.22. The van der Waals surface area contributed by atoms with E-state index >= 15 is 0 Å². The monoisotopic (exact) mass is 460 g/mol. The van der Waals surface area contributed by atoms with Gasteiger partial charge in [0, 0.05) is 5.56 Å². The minimum atomic E-state index is -4.15. The number of nitriles is 1. The van der Waals surface area contributed by atoms with E-state index in [1.807, 2.05) is 19.9 Å². The van der Waals surface area contributed by atoms with Gasteiger partial charge < -0.3 is 10.3 Å². The number of hydrogen-bond donors (Lipinski definition) is 2. The molecule has 1 aliphatic rings. The standard InChI is InChI=1S/C21H24N4O4S2/c1-11-10-12(2)18(14(4)16(11)6-8-22)21(20(23)26)17(7-9-30-21)31(27,28)25-19-13(3)15(5)24-29-19/h7,9-10,17,25H,6H2,1-5H3,(H2,23,26). The molecule has 1 amide bonds. The summed E-state index contributed by atoms with van der Waals surface area (Å²) in [6.45, 7) is 8.89. The molecule has 0 saturated heterocycles. The lowest BCUT2D eigenvalue weighted by atomic mass is 9.82. The maximum Gasteiger partial charge on any atom is 0.243 e. The molecule has 0 radical (unpaired) electrons. The van der Waals surface area contributed by atoms with E-state index < -0.39 is 25.9 Å². The van der Waals surface area contributed by atoms with E-state index in [2.05, 4.69) is 15.9 Å². The van der Waals surface area contributed by atoms with Gasteiger partial charge in [0.15, 0.2) is 0 Å². The molecular formula is C21H24N4O4S2. The van der Waals surface area contributed by atoms with E-state index in [4.69, 9.17) is 10.3 Å². The van der Waals surface area contributed by atoms with E-state index in [1.54, 1.807) is 26.2 Å². The van der Waals surface area contributed by atoms with Crippen LogP contribution in [0.3, 0.4) is 0 Å². The van der Waals surface area contributed by atoms with Crippen molar-refractivity contribution in [3.63, 3.8) is 0 Å². The lowest BCUT2D eigenvalue weighted by Gasteiger charge is -2.35. The molecule has 0 bridgehead atoms. The van der Waals surface area contributed by atoms with Gasteiger partial charge in [-0.05, 0) is 67.8 Å². The third-order valence-electron chi connectivity index (χ3n) is 5.76. The van der Waals surface area contributed by atoms with Crippen molar-refractivity contribution in [1.29, 1.82) is 5.26 Å². The number of sulfonamides is 1. The molecule has 1 aliphatic heterocycles. The largest absolute Gasteiger partial charge is 0.368 e. The van der Waals surface area contributed by atoms with Crippen LogP contribution in [0, 0.1) is 45.9 Å². The van der Waals surface area contributed by atoms with Crippen molar-refractivity contribution in [2.24, 2.45) is 5.73 Å². The molecule has 2 heterocycles. The van der Waals surface area contributed by atoms with E-state index in [1.165, 1.54) is 6.08 Å². The van der Waals surface area contributed by atoms with Gasteiger partial charge in [-0.25, -0.2) is 8.42 Å². The fourth-order valence-corrected chi connectivity index (χ4v) is 7.51. The quantitative estimate of drug-likeness (QED) is 0.675. The van der Waals surface area contributed by atoms with E-state index in [-0.39, 0.29) is 12.3 Å². The molecular weight excluding hydrogens is 436 g/mol. The molecule has 10 heteroatoms. The number of anilines is 1. The third kappa shape index (κ3) is 3.62.